The molecule has 1 atom stereocenters. The van der Waals surface area contributed by atoms with E-state index < -0.39 is 0 Å². The number of para-hydroxylation sites is 1. The van der Waals surface area contributed by atoms with Gasteiger partial charge in [0.2, 0.25) is 11.7 Å². The van der Waals surface area contributed by atoms with Crippen molar-refractivity contribution in [1.82, 2.24) is 15.5 Å². The van der Waals surface area contributed by atoms with Crippen molar-refractivity contribution >= 4 is 11.0 Å². The maximum atomic E-state index is 5.78. The van der Waals surface area contributed by atoms with Gasteiger partial charge in [-0.3, -0.25) is 0 Å². The molecule has 21 heavy (non-hydrogen) atoms. The number of furan rings is 1. The number of nitrogens with zero attached hydrogens (tertiary/aromatic N) is 2. The second-order valence-corrected chi connectivity index (χ2v) is 5.79. The summed E-state index contributed by atoms with van der Waals surface area (Å²) in [4.78, 5) is 4.54. The van der Waals surface area contributed by atoms with E-state index >= 15 is 0 Å². The average Bonchev–Trinajstić information content (AvgIpc) is 3.15. The zero-order valence-electron chi connectivity index (χ0n) is 11.9. The highest BCUT2D eigenvalue weighted by atomic mass is 16.5. The summed E-state index contributed by atoms with van der Waals surface area (Å²) < 4.78 is 11.3. The van der Waals surface area contributed by atoms with E-state index in [9.17, 15) is 0 Å². The number of hydrogen-bond donors (Lipinski definition) is 1. The third-order valence-electron chi connectivity index (χ3n) is 4.16. The van der Waals surface area contributed by atoms with E-state index in [2.05, 4.69) is 22.4 Å². The van der Waals surface area contributed by atoms with E-state index in [4.69, 9.17) is 8.94 Å². The molecule has 1 aliphatic rings. The molecule has 1 aromatic carbocycles. The molecular weight excluding hydrogens is 266 g/mol. The number of nitrogens with one attached hydrogen (secondary N) is 1. The first-order valence-electron chi connectivity index (χ1n) is 7.33. The SMILES string of the molecule is CC1(c2nc(-c3cc4ccccc4o3)no2)CCCCN1. The van der Waals surface area contributed by atoms with Gasteiger partial charge in [0.15, 0.2) is 5.76 Å². The maximum absolute atomic E-state index is 5.78. The Balaban J connectivity index is 1.70. The van der Waals surface area contributed by atoms with Crippen LogP contribution >= 0.6 is 0 Å². The Kier molecular flexibility index (Phi) is 2.82. The summed E-state index contributed by atoms with van der Waals surface area (Å²) in [5.41, 5.74) is 0.607. The van der Waals surface area contributed by atoms with Gasteiger partial charge in [-0.1, -0.05) is 23.4 Å². The summed E-state index contributed by atoms with van der Waals surface area (Å²) in [6, 6.07) is 9.82. The van der Waals surface area contributed by atoms with Crippen molar-refractivity contribution in [3.05, 3.63) is 36.2 Å². The molecule has 0 spiro atoms. The molecule has 3 aromatic rings. The molecular formula is C16H17N3O2. The second-order valence-electron chi connectivity index (χ2n) is 5.79. The molecule has 0 saturated carbocycles. The van der Waals surface area contributed by atoms with Crippen molar-refractivity contribution in [3.8, 4) is 11.6 Å². The van der Waals surface area contributed by atoms with Gasteiger partial charge in [0, 0.05) is 5.39 Å². The summed E-state index contributed by atoms with van der Waals surface area (Å²) in [5.74, 6) is 1.79. The fraction of sp³-hybridized carbons (Fsp3) is 0.375. The van der Waals surface area contributed by atoms with Crippen LogP contribution in [-0.4, -0.2) is 16.7 Å². The maximum Gasteiger partial charge on any atom is 0.247 e. The van der Waals surface area contributed by atoms with Crippen LogP contribution in [0.5, 0.6) is 0 Å². The van der Waals surface area contributed by atoms with Crippen molar-refractivity contribution in [2.45, 2.75) is 31.7 Å². The minimum atomic E-state index is -0.227. The molecule has 4 rings (SSSR count). The van der Waals surface area contributed by atoms with Crippen molar-refractivity contribution in [2.24, 2.45) is 0 Å². The van der Waals surface area contributed by atoms with Crippen LogP contribution in [0.2, 0.25) is 0 Å². The quantitative estimate of drug-likeness (QED) is 0.780. The Morgan fingerprint density at radius 1 is 1.24 bits per heavy atom. The van der Waals surface area contributed by atoms with E-state index in [-0.39, 0.29) is 5.54 Å². The lowest BCUT2D eigenvalue weighted by Crippen LogP contribution is -2.43. The standard InChI is InChI=1S/C16H17N3O2/c1-16(8-4-5-9-17-16)15-18-14(19-21-15)13-10-11-6-2-3-7-12(11)20-13/h2-3,6-7,10,17H,4-5,8-9H2,1H3. The topological polar surface area (TPSA) is 64.1 Å². The van der Waals surface area contributed by atoms with Crippen molar-refractivity contribution < 1.29 is 8.94 Å². The molecule has 5 heteroatoms. The van der Waals surface area contributed by atoms with Gasteiger partial charge in [-0.15, -0.1) is 0 Å². The fourth-order valence-corrected chi connectivity index (χ4v) is 2.88. The first-order valence-corrected chi connectivity index (χ1v) is 7.33. The largest absolute Gasteiger partial charge is 0.453 e. The molecule has 3 heterocycles. The highest BCUT2D eigenvalue weighted by Gasteiger charge is 2.34. The molecule has 0 bridgehead atoms. The van der Waals surface area contributed by atoms with Crippen LogP contribution in [0.25, 0.3) is 22.6 Å². The molecule has 1 aliphatic heterocycles. The third-order valence-corrected chi connectivity index (χ3v) is 4.16. The molecule has 0 radical (unpaired) electrons. The molecule has 1 fully saturated rings. The van der Waals surface area contributed by atoms with Crippen LogP contribution in [0.15, 0.2) is 39.3 Å². The Morgan fingerprint density at radius 3 is 2.95 bits per heavy atom. The van der Waals surface area contributed by atoms with Gasteiger partial charge in [0.1, 0.15) is 5.58 Å². The zero-order chi connectivity index (χ0) is 14.3. The zero-order valence-corrected chi connectivity index (χ0v) is 11.9. The van der Waals surface area contributed by atoms with Gasteiger partial charge in [-0.25, -0.2) is 0 Å². The molecule has 0 aliphatic carbocycles. The number of aromatic nitrogens is 2. The van der Waals surface area contributed by atoms with E-state index in [0.29, 0.717) is 17.5 Å². The van der Waals surface area contributed by atoms with Crippen molar-refractivity contribution in [3.63, 3.8) is 0 Å². The van der Waals surface area contributed by atoms with Gasteiger partial charge < -0.3 is 14.3 Å². The molecule has 1 N–H and O–H groups in total. The number of rotatable bonds is 2. The summed E-state index contributed by atoms with van der Waals surface area (Å²) in [6.07, 6.45) is 3.38. The van der Waals surface area contributed by atoms with E-state index in [1.54, 1.807) is 0 Å². The first-order chi connectivity index (χ1) is 10.2. The van der Waals surface area contributed by atoms with Crippen LogP contribution in [0.3, 0.4) is 0 Å². The predicted octanol–water partition coefficient (Wildman–Crippen LogP) is 3.47. The summed E-state index contributed by atoms with van der Waals surface area (Å²) >= 11 is 0. The van der Waals surface area contributed by atoms with Crippen LogP contribution in [0, 0.1) is 0 Å². The van der Waals surface area contributed by atoms with Gasteiger partial charge in [-0.05, 0) is 44.9 Å². The van der Waals surface area contributed by atoms with E-state index in [1.807, 2.05) is 30.3 Å². The summed E-state index contributed by atoms with van der Waals surface area (Å²) in [6.45, 7) is 3.10. The number of hydrogen-bond acceptors (Lipinski definition) is 5. The van der Waals surface area contributed by atoms with Crippen LogP contribution in [0.4, 0.5) is 0 Å². The van der Waals surface area contributed by atoms with Gasteiger partial charge in [-0.2, -0.15) is 4.98 Å². The van der Waals surface area contributed by atoms with Crippen LogP contribution in [0.1, 0.15) is 32.1 Å². The summed E-state index contributed by atoms with van der Waals surface area (Å²) in [5, 5.41) is 8.60. The number of piperidine rings is 1. The molecule has 5 nitrogen and oxygen atoms in total. The normalized spacial score (nSPS) is 22.7. The molecule has 108 valence electrons. The number of fused-ring (bicyclic) bond motifs is 1. The van der Waals surface area contributed by atoms with Gasteiger partial charge in [0.25, 0.3) is 0 Å². The Morgan fingerprint density at radius 2 is 2.14 bits per heavy atom. The van der Waals surface area contributed by atoms with E-state index in [0.717, 1.165) is 23.9 Å². The highest BCUT2D eigenvalue weighted by Crippen LogP contribution is 2.31. The highest BCUT2D eigenvalue weighted by molar-refractivity contribution is 5.81. The lowest BCUT2D eigenvalue weighted by Gasteiger charge is -2.31. The van der Waals surface area contributed by atoms with E-state index in [1.165, 1.54) is 12.8 Å². The molecule has 1 unspecified atom stereocenters. The van der Waals surface area contributed by atoms with Gasteiger partial charge in [0.05, 0.1) is 5.54 Å². The summed E-state index contributed by atoms with van der Waals surface area (Å²) in [7, 11) is 0. The lowest BCUT2D eigenvalue weighted by molar-refractivity contribution is 0.207. The smallest absolute Gasteiger partial charge is 0.247 e. The second kappa shape index (κ2) is 4.70. The molecule has 1 saturated heterocycles. The fourth-order valence-electron chi connectivity index (χ4n) is 2.88. The molecule has 2 aromatic heterocycles. The van der Waals surface area contributed by atoms with Crippen LogP contribution < -0.4 is 5.32 Å². The minimum Gasteiger partial charge on any atom is -0.453 e. The first kappa shape index (κ1) is 12.6. The average molecular weight is 283 g/mol. The Labute approximate surface area is 122 Å². The van der Waals surface area contributed by atoms with Crippen LogP contribution in [-0.2, 0) is 5.54 Å². The Bertz CT molecular complexity index is 736. The van der Waals surface area contributed by atoms with Crippen molar-refractivity contribution in [2.75, 3.05) is 6.54 Å². The minimum absolute atomic E-state index is 0.227. The molecule has 0 amide bonds. The predicted molar refractivity (Wildman–Crippen MR) is 78.7 cm³/mol. The number of benzene rings is 1. The monoisotopic (exact) mass is 283 g/mol. The third kappa shape index (κ3) is 2.14. The van der Waals surface area contributed by atoms with Crippen molar-refractivity contribution in [1.29, 1.82) is 0 Å². The lowest BCUT2D eigenvalue weighted by atomic mass is 9.91. The van der Waals surface area contributed by atoms with Gasteiger partial charge >= 0.3 is 0 Å². The Hall–Kier alpha value is -2.14.